The summed E-state index contributed by atoms with van der Waals surface area (Å²) in [7, 11) is 0. The molecule has 1 unspecified atom stereocenters. The van der Waals surface area contributed by atoms with Gasteiger partial charge in [0.15, 0.2) is 0 Å². The smallest absolute Gasteiger partial charge is 0.126 e. The number of benzene rings is 1. The van der Waals surface area contributed by atoms with Crippen molar-refractivity contribution in [1.29, 1.82) is 0 Å². The second-order valence-electron chi connectivity index (χ2n) is 6.54. The van der Waals surface area contributed by atoms with Gasteiger partial charge in [-0.1, -0.05) is 25.5 Å². The first-order valence-electron chi connectivity index (χ1n) is 8.53. The molecule has 0 radical (unpaired) electrons. The molecule has 1 saturated heterocycles. The minimum Gasteiger partial charge on any atom is -0.307 e. The van der Waals surface area contributed by atoms with E-state index in [4.69, 9.17) is 0 Å². The standard InChI is InChI=1S/C18H27FN2/c1-2-3-11-21-12-9-14(10-13-21)20-18-8-7-15-16(18)5-4-6-17(15)19/h4-6,14,18,20H,2-3,7-13H2,1H3. The first-order chi connectivity index (χ1) is 10.3. The summed E-state index contributed by atoms with van der Waals surface area (Å²) >= 11 is 0. The second kappa shape index (κ2) is 6.89. The Morgan fingerprint density at radius 2 is 2.05 bits per heavy atom. The molecule has 116 valence electrons. The third-order valence-corrected chi connectivity index (χ3v) is 5.07. The number of halogens is 1. The number of rotatable bonds is 5. The number of piperidine rings is 1. The summed E-state index contributed by atoms with van der Waals surface area (Å²) in [5.74, 6) is -0.0221. The summed E-state index contributed by atoms with van der Waals surface area (Å²) in [5.41, 5.74) is 2.14. The molecule has 3 heteroatoms. The highest BCUT2D eigenvalue weighted by Gasteiger charge is 2.28. The van der Waals surface area contributed by atoms with Gasteiger partial charge in [0.2, 0.25) is 0 Å². The molecule has 1 aromatic carbocycles. The number of nitrogens with zero attached hydrogens (tertiary/aromatic N) is 1. The Balaban J connectivity index is 1.52. The van der Waals surface area contributed by atoms with Crippen LogP contribution < -0.4 is 5.32 Å². The first kappa shape index (κ1) is 15.0. The zero-order chi connectivity index (χ0) is 14.7. The Morgan fingerprint density at radius 3 is 2.81 bits per heavy atom. The van der Waals surface area contributed by atoms with Crippen LogP contribution in [0.4, 0.5) is 4.39 Å². The van der Waals surface area contributed by atoms with Gasteiger partial charge in [0.25, 0.3) is 0 Å². The summed E-state index contributed by atoms with van der Waals surface area (Å²) in [6.07, 6.45) is 6.98. The van der Waals surface area contributed by atoms with E-state index in [1.807, 2.05) is 6.07 Å². The molecular weight excluding hydrogens is 263 g/mol. The van der Waals surface area contributed by atoms with Crippen molar-refractivity contribution in [2.45, 2.75) is 57.5 Å². The molecule has 1 N–H and O–H groups in total. The summed E-state index contributed by atoms with van der Waals surface area (Å²) in [6, 6.07) is 6.50. The van der Waals surface area contributed by atoms with Gasteiger partial charge >= 0.3 is 0 Å². The number of nitrogens with one attached hydrogen (secondary N) is 1. The Bertz CT molecular complexity index is 466. The van der Waals surface area contributed by atoms with Crippen molar-refractivity contribution in [3.05, 3.63) is 35.1 Å². The van der Waals surface area contributed by atoms with E-state index in [0.717, 1.165) is 18.4 Å². The molecule has 0 bridgehead atoms. The van der Waals surface area contributed by atoms with Crippen molar-refractivity contribution in [1.82, 2.24) is 10.2 Å². The molecule has 1 atom stereocenters. The van der Waals surface area contributed by atoms with Crippen molar-refractivity contribution in [2.24, 2.45) is 0 Å². The minimum atomic E-state index is -0.0221. The third kappa shape index (κ3) is 3.46. The lowest BCUT2D eigenvalue weighted by atomic mass is 10.0. The zero-order valence-electron chi connectivity index (χ0n) is 13.1. The van der Waals surface area contributed by atoms with Gasteiger partial charge < -0.3 is 10.2 Å². The fraction of sp³-hybridized carbons (Fsp3) is 0.667. The highest BCUT2D eigenvalue weighted by atomic mass is 19.1. The molecule has 0 spiro atoms. The van der Waals surface area contributed by atoms with E-state index in [1.54, 1.807) is 6.07 Å². The highest BCUT2D eigenvalue weighted by molar-refractivity contribution is 5.35. The molecular formula is C18H27FN2. The number of hydrogen-bond donors (Lipinski definition) is 1. The van der Waals surface area contributed by atoms with Crippen molar-refractivity contribution in [2.75, 3.05) is 19.6 Å². The molecule has 2 aliphatic rings. The average molecular weight is 290 g/mol. The van der Waals surface area contributed by atoms with Crippen LogP contribution in [0, 0.1) is 5.82 Å². The molecule has 1 aromatic rings. The Kier molecular flexibility index (Phi) is 4.91. The van der Waals surface area contributed by atoms with Crippen LogP contribution in [-0.4, -0.2) is 30.6 Å². The Hall–Kier alpha value is -0.930. The predicted octanol–water partition coefficient (Wildman–Crippen LogP) is 3.67. The normalized spacial score (nSPS) is 23.4. The number of fused-ring (bicyclic) bond motifs is 1. The van der Waals surface area contributed by atoms with Crippen LogP contribution in [0.2, 0.25) is 0 Å². The quantitative estimate of drug-likeness (QED) is 0.890. The summed E-state index contributed by atoms with van der Waals surface area (Å²) < 4.78 is 13.8. The molecule has 2 nitrogen and oxygen atoms in total. The largest absolute Gasteiger partial charge is 0.307 e. The topological polar surface area (TPSA) is 15.3 Å². The molecule has 1 heterocycles. The van der Waals surface area contributed by atoms with E-state index in [2.05, 4.69) is 23.2 Å². The second-order valence-corrected chi connectivity index (χ2v) is 6.54. The van der Waals surface area contributed by atoms with E-state index in [0.29, 0.717) is 12.1 Å². The van der Waals surface area contributed by atoms with Gasteiger partial charge in [0.05, 0.1) is 0 Å². The van der Waals surface area contributed by atoms with E-state index < -0.39 is 0 Å². The maximum absolute atomic E-state index is 13.8. The van der Waals surface area contributed by atoms with Crippen LogP contribution >= 0.6 is 0 Å². The van der Waals surface area contributed by atoms with Crippen molar-refractivity contribution in [3.8, 4) is 0 Å². The van der Waals surface area contributed by atoms with Crippen LogP contribution in [0.5, 0.6) is 0 Å². The monoisotopic (exact) mass is 290 g/mol. The summed E-state index contributed by atoms with van der Waals surface area (Å²) in [4.78, 5) is 2.59. The summed E-state index contributed by atoms with van der Waals surface area (Å²) in [6.45, 7) is 5.92. The van der Waals surface area contributed by atoms with Gasteiger partial charge in [0.1, 0.15) is 5.82 Å². The fourth-order valence-electron chi connectivity index (χ4n) is 3.77. The van der Waals surface area contributed by atoms with Gasteiger partial charge in [-0.05, 0) is 68.9 Å². The Labute approximate surface area is 127 Å². The number of likely N-dealkylation sites (tertiary alicyclic amines) is 1. The van der Waals surface area contributed by atoms with Crippen molar-refractivity contribution < 1.29 is 4.39 Å². The Morgan fingerprint density at radius 1 is 1.24 bits per heavy atom. The molecule has 0 amide bonds. The predicted molar refractivity (Wildman–Crippen MR) is 85.0 cm³/mol. The minimum absolute atomic E-state index is 0.0221. The fourth-order valence-corrected chi connectivity index (χ4v) is 3.77. The lowest BCUT2D eigenvalue weighted by Gasteiger charge is -2.34. The van der Waals surface area contributed by atoms with Gasteiger partial charge in [-0.15, -0.1) is 0 Å². The molecule has 1 fully saturated rings. The number of hydrogen-bond acceptors (Lipinski definition) is 2. The van der Waals surface area contributed by atoms with Crippen molar-refractivity contribution >= 4 is 0 Å². The van der Waals surface area contributed by atoms with Crippen LogP contribution in [0.1, 0.15) is 56.2 Å². The third-order valence-electron chi connectivity index (χ3n) is 5.07. The van der Waals surface area contributed by atoms with Gasteiger partial charge in [-0.2, -0.15) is 0 Å². The van der Waals surface area contributed by atoms with Gasteiger partial charge in [0, 0.05) is 12.1 Å². The maximum Gasteiger partial charge on any atom is 0.126 e. The van der Waals surface area contributed by atoms with Crippen LogP contribution in [-0.2, 0) is 6.42 Å². The highest BCUT2D eigenvalue weighted by Crippen LogP contribution is 2.33. The van der Waals surface area contributed by atoms with E-state index >= 15 is 0 Å². The average Bonchev–Trinajstić information content (AvgIpc) is 2.91. The molecule has 21 heavy (non-hydrogen) atoms. The summed E-state index contributed by atoms with van der Waals surface area (Å²) in [5, 5.41) is 3.78. The lowest BCUT2D eigenvalue weighted by molar-refractivity contribution is 0.188. The molecule has 0 saturated carbocycles. The van der Waals surface area contributed by atoms with Gasteiger partial charge in [-0.25, -0.2) is 4.39 Å². The molecule has 0 aromatic heterocycles. The SMILES string of the molecule is CCCCN1CCC(NC2CCc3c(F)cccc32)CC1. The van der Waals surface area contributed by atoms with E-state index in [1.165, 1.54) is 50.9 Å². The van der Waals surface area contributed by atoms with Crippen LogP contribution in [0.3, 0.4) is 0 Å². The maximum atomic E-state index is 13.8. The van der Waals surface area contributed by atoms with Crippen molar-refractivity contribution in [3.63, 3.8) is 0 Å². The molecule has 1 aliphatic heterocycles. The van der Waals surface area contributed by atoms with E-state index in [-0.39, 0.29) is 5.82 Å². The molecule has 3 rings (SSSR count). The van der Waals surface area contributed by atoms with Crippen LogP contribution in [0.25, 0.3) is 0 Å². The van der Waals surface area contributed by atoms with Gasteiger partial charge in [-0.3, -0.25) is 0 Å². The number of unbranched alkanes of at least 4 members (excludes halogenated alkanes) is 1. The zero-order valence-corrected chi connectivity index (χ0v) is 13.1. The lowest BCUT2D eigenvalue weighted by Crippen LogP contribution is -2.43. The van der Waals surface area contributed by atoms with E-state index in [9.17, 15) is 4.39 Å². The first-order valence-corrected chi connectivity index (χ1v) is 8.53. The van der Waals surface area contributed by atoms with Crippen LogP contribution in [0.15, 0.2) is 18.2 Å². The molecule has 1 aliphatic carbocycles.